The molecule has 1 aliphatic carbocycles. The maximum atomic E-state index is 2.46. The number of hydrogen-bond acceptors (Lipinski definition) is 0. The Morgan fingerprint density at radius 2 is 1.18 bits per heavy atom. The molecule has 0 amide bonds. The van der Waals surface area contributed by atoms with E-state index in [-0.39, 0.29) is 0 Å². The average molecular weight is 238 g/mol. The molecule has 0 nitrogen and oxygen atoms in total. The quantitative estimate of drug-likeness (QED) is 0.521. The van der Waals surface area contributed by atoms with Gasteiger partial charge in [0.25, 0.3) is 0 Å². The minimum absolute atomic E-state index is 0.441. The van der Waals surface area contributed by atoms with Crippen LogP contribution in [0.3, 0.4) is 0 Å². The van der Waals surface area contributed by atoms with E-state index >= 15 is 0 Å². The minimum atomic E-state index is 0.441. The zero-order valence-electron chi connectivity index (χ0n) is 13.5. The third kappa shape index (κ3) is 3.73. The van der Waals surface area contributed by atoms with Crippen LogP contribution in [0.15, 0.2) is 0 Å². The molecule has 0 spiro atoms. The second kappa shape index (κ2) is 4.28. The van der Waals surface area contributed by atoms with Crippen molar-refractivity contribution in [1.29, 1.82) is 0 Å². The van der Waals surface area contributed by atoms with Crippen molar-refractivity contribution in [2.24, 2.45) is 21.7 Å². The summed E-state index contributed by atoms with van der Waals surface area (Å²) in [7, 11) is 0. The Labute approximate surface area is 110 Å². The van der Waals surface area contributed by atoms with Crippen LogP contribution in [-0.4, -0.2) is 0 Å². The average Bonchev–Trinajstić information content (AvgIpc) is 2.05. The van der Waals surface area contributed by atoms with Gasteiger partial charge >= 0.3 is 0 Å². The molecule has 0 aromatic heterocycles. The van der Waals surface area contributed by atoms with Gasteiger partial charge in [-0.05, 0) is 53.8 Å². The Morgan fingerprint density at radius 3 is 1.47 bits per heavy atom. The second-order valence-corrected chi connectivity index (χ2v) is 9.43. The first-order valence-corrected chi connectivity index (χ1v) is 7.37. The largest absolute Gasteiger partial charge is 0.0602 e. The van der Waals surface area contributed by atoms with Crippen LogP contribution in [0, 0.1) is 21.7 Å². The van der Waals surface area contributed by atoms with Crippen molar-refractivity contribution in [1.82, 2.24) is 0 Å². The predicted molar refractivity (Wildman–Crippen MR) is 78.2 cm³/mol. The topological polar surface area (TPSA) is 0 Å². The molecule has 1 rings (SSSR count). The van der Waals surface area contributed by atoms with Gasteiger partial charge in [-0.1, -0.05) is 55.4 Å². The molecule has 0 aromatic rings. The Balaban J connectivity index is 2.91. The van der Waals surface area contributed by atoms with Crippen LogP contribution in [0.1, 0.15) is 87.5 Å². The minimum Gasteiger partial charge on any atom is -0.0602 e. The highest BCUT2D eigenvalue weighted by atomic mass is 14.5. The summed E-state index contributed by atoms with van der Waals surface area (Å²) >= 11 is 0. The fourth-order valence-corrected chi connectivity index (χ4v) is 3.61. The van der Waals surface area contributed by atoms with Crippen LogP contribution in [0.25, 0.3) is 0 Å². The summed E-state index contributed by atoms with van der Waals surface area (Å²) in [6.45, 7) is 19.5. The lowest BCUT2D eigenvalue weighted by atomic mass is 9.51. The molecule has 0 aliphatic heterocycles. The maximum Gasteiger partial charge on any atom is -0.0243 e. The van der Waals surface area contributed by atoms with Crippen LogP contribution < -0.4 is 0 Å². The molecule has 0 heterocycles. The molecule has 0 bridgehead atoms. The third-order valence-corrected chi connectivity index (χ3v) is 5.02. The lowest BCUT2D eigenvalue weighted by molar-refractivity contribution is -0.0312. The summed E-state index contributed by atoms with van der Waals surface area (Å²) in [6, 6.07) is 0. The molecule has 0 N–H and O–H groups in total. The van der Waals surface area contributed by atoms with Gasteiger partial charge in [0.1, 0.15) is 0 Å². The van der Waals surface area contributed by atoms with E-state index in [1.54, 1.807) is 0 Å². The normalized spacial score (nSPS) is 24.7. The van der Waals surface area contributed by atoms with E-state index in [0.29, 0.717) is 21.7 Å². The molecule has 17 heavy (non-hydrogen) atoms. The third-order valence-electron chi connectivity index (χ3n) is 5.02. The van der Waals surface area contributed by atoms with E-state index in [9.17, 15) is 0 Å². The predicted octanol–water partition coefficient (Wildman–Crippen LogP) is 6.06. The van der Waals surface area contributed by atoms with Crippen molar-refractivity contribution >= 4 is 0 Å². The smallest absolute Gasteiger partial charge is 0.0243 e. The highest BCUT2D eigenvalue weighted by Crippen LogP contribution is 2.58. The van der Waals surface area contributed by atoms with Gasteiger partial charge in [-0.15, -0.1) is 0 Å². The Bertz CT molecular complexity index is 247. The molecule has 1 aliphatic rings. The molecular formula is C17H34. The standard InChI is InChI=1S/C17H34/c1-14(2,3)13-17(15(4,5)6)11-9-16(7,8)10-12-17/h9-13H2,1-8H3. The van der Waals surface area contributed by atoms with E-state index in [1.165, 1.54) is 32.1 Å². The van der Waals surface area contributed by atoms with E-state index in [4.69, 9.17) is 0 Å². The van der Waals surface area contributed by atoms with Gasteiger partial charge in [0.15, 0.2) is 0 Å². The van der Waals surface area contributed by atoms with Crippen molar-refractivity contribution in [3.05, 3.63) is 0 Å². The SMILES string of the molecule is CC(C)(C)CC1(C(C)(C)C)CCC(C)(C)CC1. The monoisotopic (exact) mass is 238 g/mol. The fourth-order valence-electron chi connectivity index (χ4n) is 3.61. The first-order chi connectivity index (χ1) is 7.37. The molecule has 0 saturated heterocycles. The molecule has 1 saturated carbocycles. The van der Waals surface area contributed by atoms with Crippen molar-refractivity contribution in [3.63, 3.8) is 0 Å². The van der Waals surface area contributed by atoms with Gasteiger partial charge in [0, 0.05) is 0 Å². The van der Waals surface area contributed by atoms with Crippen molar-refractivity contribution in [2.75, 3.05) is 0 Å². The van der Waals surface area contributed by atoms with Crippen LogP contribution in [0.4, 0.5) is 0 Å². The lowest BCUT2D eigenvalue weighted by Crippen LogP contribution is -2.43. The van der Waals surface area contributed by atoms with Gasteiger partial charge in [0.2, 0.25) is 0 Å². The highest BCUT2D eigenvalue weighted by molar-refractivity contribution is 4.97. The zero-order valence-corrected chi connectivity index (χ0v) is 13.5. The highest BCUT2D eigenvalue weighted by Gasteiger charge is 2.47. The summed E-state index contributed by atoms with van der Waals surface area (Å²) < 4.78 is 0. The molecule has 0 radical (unpaired) electrons. The molecular weight excluding hydrogens is 204 g/mol. The van der Waals surface area contributed by atoms with E-state index < -0.39 is 0 Å². The Kier molecular flexibility index (Phi) is 3.79. The van der Waals surface area contributed by atoms with Gasteiger partial charge < -0.3 is 0 Å². The summed E-state index contributed by atoms with van der Waals surface area (Å²) in [4.78, 5) is 0. The fraction of sp³-hybridized carbons (Fsp3) is 1.00. The maximum absolute atomic E-state index is 2.46. The summed E-state index contributed by atoms with van der Waals surface area (Å²) in [6.07, 6.45) is 7.02. The number of hydrogen-bond donors (Lipinski definition) is 0. The molecule has 0 aromatic carbocycles. The second-order valence-electron chi connectivity index (χ2n) is 9.43. The summed E-state index contributed by atoms with van der Waals surface area (Å²) in [5.41, 5.74) is 2.03. The van der Waals surface area contributed by atoms with Crippen LogP contribution >= 0.6 is 0 Å². The first kappa shape index (κ1) is 15.1. The molecule has 0 atom stereocenters. The number of rotatable bonds is 1. The van der Waals surface area contributed by atoms with Gasteiger partial charge in [0.05, 0.1) is 0 Å². The van der Waals surface area contributed by atoms with Crippen LogP contribution in [-0.2, 0) is 0 Å². The Hall–Kier alpha value is 0. The van der Waals surface area contributed by atoms with Gasteiger partial charge in [-0.3, -0.25) is 0 Å². The van der Waals surface area contributed by atoms with E-state index in [1.807, 2.05) is 0 Å². The summed E-state index contributed by atoms with van der Waals surface area (Å²) in [5, 5.41) is 0. The zero-order chi connectivity index (χ0) is 13.5. The van der Waals surface area contributed by atoms with E-state index in [0.717, 1.165) is 0 Å². The molecule has 0 unspecified atom stereocenters. The Morgan fingerprint density at radius 1 is 0.765 bits per heavy atom. The molecule has 102 valence electrons. The van der Waals surface area contributed by atoms with Crippen LogP contribution in [0.5, 0.6) is 0 Å². The van der Waals surface area contributed by atoms with Crippen molar-refractivity contribution in [2.45, 2.75) is 87.5 Å². The first-order valence-electron chi connectivity index (χ1n) is 7.37. The van der Waals surface area contributed by atoms with E-state index in [2.05, 4.69) is 55.4 Å². The van der Waals surface area contributed by atoms with Gasteiger partial charge in [-0.2, -0.15) is 0 Å². The van der Waals surface area contributed by atoms with Gasteiger partial charge in [-0.25, -0.2) is 0 Å². The lowest BCUT2D eigenvalue weighted by Gasteiger charge is -2.54. The van der Waals surface area contributed by atoms with Crippen molar-refractivity contribution in [3.8, 4) is 0 Å². The van der Waals surface area contributed by atoms with Crippen molar-refractivity contribution < 1.29 is 0 Å². The van der Waals surface area contributed by atoms with Crippen LogP contribution in [0.2, 0.25) is 0 Å². The molecule has 0 heteroatoms. The summed E-state index contributed by atoms with van der Waals surface area (Å²) in [5.74, 6) is 0. The molecule has 1 fully saturated rings.